The van der Waals surface area contributed by atoms with Gasteiger partial charge in [0, 0.05) is 16.6 Å². The van der Waals surface area contributed by atoms with Crippen LogP contribution in [0.15, 0.2) is 34.8 Å². The lowest BCUT2D eigenvalue weighted by atomic mass is 10.0. The van der Waals surface area contributed by atoms with Crippen molar-refractivity contribution in [3.05, 3.63) is 45.9 Å². The van der Waals surface area contributed by atoms with Gasteiger partial charge in [0.2, 0.25) is 5.91 Å². The van der Waals surface area contributed by atoms with Crippen LogP contribution in [0.25, 0.3) is 0 Å². The van der Waals surface area contributed by atoms with Crippen molar-refractivity contribution in [1.82, 2.24) is 0 Å². The van der Waals surface area contributed by atoms with Crippen molar-refractivity contribution in [1.29, 1.82) is 0 Å². The third kappa shape index (κ3) is 2.88. The highest BCUT2D eigenvalue weighted by Crippen LogP contribution is 2.34. The zero-order valence-electron chi connectivity index (χ0n) is 11.7. The van der Waals surface area contributed by atoms with Crippen LogP contribution in [-0.4, -0.2) is 5.91 Å². The summed E-state index contributed by atoms with van der Waals surface area (Å²) in [4.78, 5) is 11.5. The number of carbonyl (C=O) groups excluding carboxylic acids is 1. The summed E-state index contributed by atoms with van der Waals surface area (Å²) in [5, 5.41) is 6.20. The molecule has 0 bridgehead atoms. The van der Waals surface area contributed by atoms with Crippen LogP contribution < -0.4 is 16.4 Å². The van der Waals surface area contributed by atoms with Gasteiger partial charge < -0.3 is 16.4 Å². The number of fused-ring (bicyclic) bond motifs is 1. The normalized spacial score (nSPS) is 13.5. The van der Waals surface area contributed by atoms with Crippen LogP contribution >= 0.6 is 15.9 Å². The van der Waals surface area contributed by atoms with E-state index in [0.29, 0.717) is 12.1 Å². The minimum Gasteiger partial charge on any atom is -0.397 e. The number of halogens is 1. The second-order valence-corrected chi connectivity index (χ2v) is 6.11. The fourth-order valence-corrected chi connectivity index (χ4v) is 3.01. The van der Waals surface area contributed by atoms with E-state index in [-0.39, 0.29) is 5.91 Å². The molecule has 108 valence electrons. The molecule has 0 unspecified atom stereocenters. The highest BCUT2D eigenvalue weighted by Gasteiger charge is 2.17. The molecule has 0 atom stereocenters. The van der Waals surface area contributed by atoms with E-state index >= 15 is 0 Å². The maximum Gasteiger partial charge on any atom is 0.224 e. The van der Waals surface area contributed by atoms with E-state index in [0.717, 1.165) is 33.5 Å². The Labute approximate surface area is 131 Å². The maximum absolute atomic E-state index is 11.5. The molecule has 2 aromatic carbocycles. The highest BCUT2D eigenvalue weighted by molar-refractivity contribution is 9.10. The Kier molecular flexibility index (Phi) is 3.59. The number of anilines is 4. The van der Waals surface area contributed by atoms with Gasteiger partial charge in [0.05, 0.1) is 17.1 Å². The van der Waals surface area contributed by atoms with E-state index in [1.807, 2.05) is 37.3 Å². The van der Waals surface area contributed by atoms with Crippen LogP contribution in [-0.2, 0) is 11.2 Å². The predicted octanol–water partition coefficient (Wildman–Crippen LogP) is 3.97. The summed E-state index contributed by atoms with van der Waals surface area (Å²) in [7, 11) is 0. The molecule has 1 heterocycles. The summed E-state index contributed by atoms with van der Waals surface area (Å²) in [5.74, 6) is 0.0507. The van der Waals surface area contributed by atoms with Crippen LogP contribution in [0.3, 0.4) is 0 Å². The average Bonchev–Trinajstić information content (AvgIpc) is 2.43. The van der Waals surface area contributed by atoms with Crippen molar-refractivity contribution in [3.63, 3.8) is 0 Å². The van der Waals surface area contributed by atoms with E-state index in [4.69, 9.17) is 5.73 Å². The largest absolute Gasteiger partial charge is 0.397 e. The van der Waals surface area contributed by atoms with Gasteiger partial charge in [-0.1, -0.05) is 6.07 Å². The molecule has 0 fully saturated rings. The Morgan fingerprint density at radius 2 is 2.00 bits per heavy atom. The Bertz CT molecular complexity index is 728. The zero-order valence-corrected chi connectivity index (χ0v) is 13.3. The Morgan fingerprint density at radius 1 is 1.19 bits per heavy atom. The molecule has 0 aliphatic carbocycles. The standard InChI is InChI=1S/C16H16BrN3O/c1-9-2-4-13(11(17)6-9)19-15-8-14-10(7-12(15)18)3-5-16(21)20-14/h2,4,6-8,19H,3,5,18H2,1H3,(H,20,21). The van der Waals surface area contributed by atoms with Gasteiger partial charge in [-0.25, -0.2) is 0 Å². The molecule has 0 aromatic heterocycles. The summed E-state index contributed by atoms with van der Waals surface area (Å²) >= 11 is 3.54. The molecule has 0 radical (unpaired) electrons. The lowest BCUT2D eigenvalue weighted by molar-refractivity contribution is -0.116. The third-order valence-electron chi connectivity index (χ3n) is 3.56. The molecule has 0 spiro atoms. The van der Waals surface area contributed by atoms with Gasteiger partial charge >= 0.3 is 0 Å². The molecule has 4 N–H and O–H groups in total. The second-order valence-electron chi connectivity index (χ2n) is 5.25. The quantitative estimate of drug-likeness (QED) is 0.721. The number of hydrogen-bond acceptors (Lipinski definition) is 3. The molecule has 3 rings (SSSR count). The zero-order chi connectivity index (χ0) is 15.0. The predicted molar refractivity (Wildman–Crippen MR) is 90.0 cm³/mol. The number of benzene rings is 2. The molecule has 4 nitrogen and oxygen atoms in total. The molecule has 5 heteroatoms. The van der Waals surface area contributed by atoms with Crippen molar-refractivity contribution in [3.8, 4) is 0 Å². The van der Waals surface area contributed by atoms with Gasteiger partial charge in [-0.2, -0.15) is 0 Å². The monoisotopic (exact) mass is 345 g/mol. The first-order valence-electron chi connectivity index (χ1n) is 6.78. The fraction of sp³-hybridized carbons (Fsp3) is 0.188. The number of nitrogens with one attached hydrogen (secondary N) is 2. The van der Waals surface area contributed by atoms with Gasteiger partial charge in [0.1, 0.15) is 0 Å². The lowest BCUT2D eigenvalue weighted by Gasteiger charge is -2.20. The number of aryl methyl sites for hydroxylation is 2. The van der Waals surface area contributed by atoms with Crippen LogP contribution in [0.5, 0.6) is 0 Å². The first-order valence-corrected chi connectivity index (χ1v) is 7.57. The van der Waals surface area contributed by atoms with Gasteiger partial charge in [-0.3, -0.25) is 4.79 Å². The van der Waals surface area contributed by atoms with Crippen LogP contribution in [0, 0.1) is 6.92 Å². The van der Waals surface area contributed by atoms with Crippen LogP contribution in [0.4, 0.5) is 22.7 Å². The topological polar surface area (TPSA) is 67.1 Å². The number of rotatable bonds is 2. The first kappa shape index (κ1) is 13.9. The lowest BCUT2D eigenvalue weighted by Crippen LogP contribution is -2.19. The number of hydrogen-bond donors (Lipinski definition) is 3. The summed E-state index contributed by atoms with van der Waals surface area (Å²) < 4.78 is 0.976. The molecule has 1 aliphatic heterocycles. The minimum atomic E-state index is 0.0507. The number of carbonyl (C=O) groups is 1. The SMILES string of the molecule is Cc1ccc(Nc2cc3c(cc2N)CCC(=O)N3)c(Br)c1. The van der Waals surface area contributed by atoms with Gasteiger partial charge in [0.15, 0.2) is 0 Å². The molecular weight excluding hydrogens is 330 g/mol. The third-order valence-corrected chi connectivity index (χ3v) is 4.22. The Morgan fingerprint density at radius 3 is 2.76 bits per heavy atom. The number of amides is 1. The molecule has 21 heavy (non-hydrogen) atoms. The van der Waals surface area contributed by atoms with E-state index in [1.54, 1.807) is 0 Å². The second kappa shape index (κ2) is 5.41. The van der Waals surface area contributed by atoms with E-state index in [2.05, 4.69) is 26.6 Å². The molecule has 1 amide bonds. The molecule has 2 aromatic rings. The van der Waals surface area contributed by atoms with Crippen LogP contribution in [0.1, 0.15) is 17.5 Å². The Balaban J connectivity index is 1.95. The van der Waals surface area contributed by atoms with Crippen molar-refractivity contribution >= 4 is 44.6 Å². The van der Waals surface area contributed by atoms with Crippen molar-refractivity contribution in [2.75, 3.05) is 16.4 Å². The maximum atomic E-state index is 11.5. The highest BCUT2D eigenvalue weighted by atomic mass is 79.9. The fourth-order valence-electron chi connectivity index (χ4n) is 2.42. The average molecular weight is 346 g/mol. The number of nitrogens with two attached hydrogens (primary N) is 1. The van der Waals surface area contributed by atoms with E-state index in [9.17, 15) is 4.79 Å². The molecule has 0 saturated heterocycles. The van der Waals surface area contributed by atoms with Crippen molar-refractivity contribution in [2.45, 2.75) is 19.8 Å². The summed E-state index contributed by atoms with van der Waals surface area (Å²) in [5.41, 5.74) is 11.6. The van der Waals surface area contributed by atoms with Crippen molar-refractivity contribution in [2.24, 2.45) is 0 Å². The first-order chi connectivity index (χ1) is 10.0. The molecule has 1 aliphatic rings. The Hall–Kier alpha value is -2.01. The van der Waals surface area contributed by atoms with Crippen molar-refractivity contribution < 1.29 is 4.79 Å². The summed E-state index contributed by atoms with van der Waals surface area (Å²) in [6.07, 6.45) is 1.25. The molecule has 0 saturated carbocycles. The number of nitrogen functional groups attached to an aromatic ring is 1. The smallest absolute Gasteiger partial charge is 0.224 e. The van der Waals surface area contributed by atoms with E-state index in [1.165, 1.54) is 5.56 Å². The van der Waals surface area contributed by atoms with Crippen LogP contribution in [0.2, 0.25) is 0 Å². The van der Waals surface area contributed by atoms with E-state index < -0.39 is 0 Å². The minimum absolute atomic E-state index is 0.0507. The molecular formula is C16H16BrN3O. The van der Waals surface area contributed by atoms with Gasteiger partial charge in [-0.15, -0.1) is 0 Å². The van der Waals surface area contributed by atoms with Gasteiger partial charge in [0.25, 0.3) is 0 Å². The summed E-state index contributed by atoms with van der Waals surface area (Å²) in [6.45, 7) is 2.04. The van der Waals surface area contributed by atoms with Gasteiger partial charge in [-0.05, 0) is 64.7 Å². The summed E-state index contributed by atoms with van der Waals surface area (Å²) in [6, 6.07) is 9.90.